The van der Waals surface area contributed by atoms with Gasteiger partial charge < -0.3 is 14.6 Å². The summed E-state index contributed by atoms with van der Waals surface area (Å²) >= 11 is 0. The molecular weight excluding hydrogens is 206 g/mol. The number of hydrogen-bond donors (Lipinski definition) is 1. The van der Waals surface area contributed by atoms with E-state index >= 15 is 0 Å². The first-order valence-electron chi connectivity index (χ1n) is 5.34. The van der Waals surface area contributed by atoms with E-state index in [2.05, 4.69) is 10.3 Å². The van der Waals surface area contributed by atoms with Crippen molar-refractivity contribution in [2.75, 3.05) is 19.0 Å². The van der Waals surface area contributed by atoms with E-state index in [1.54, 1.807) is 24.1 Å². The Morgan fingerprint density at radius 2 is 2.25 bits per heavy atom. The first-order valence-corrected chi connectivity index (χ1v) is 5.34. The van der Waals surface area contributed by atoms with Gasteiger partial charge in [-0.15, -0.1) is 0 Å². The third kappa shape index (κ3) is 3.06. The molecule has 1 heterocycles. The van der Waals surface area contributed by atoms with E-state index in [0.29, 0.717) is 18.9 Å². The molecule has 0 aliphatic rings. The summed E-state index contributed by atoms with van der Waals surface area (Å²) in [4.78, 5) is 15.8. The number of aryl methyl sites for hydroxylation is 1. The molecule has 0 aromatic carbocycles. The molecule has 0 saturated heterocycles. The monoisotopic (exact) mass is 225 g/mol. The van der Waals surface area contributed by atoms with Gasteiger partial charge in [0.15, 0.2) is 5.82 Å². The second-order valence-electron chi connectivity index (χ2n) is 4.18. The van der Waals surface area contributed by atoms with Crippen molar-refractivity contribution >= 4 is 5.82 Å². The number of hydrogen-bond acceptors (Lipinski definition) is 4. The highest BCUT2D eigenvalue weighted by atomic mass is 16.5. The highest BCUT2D eigenvalue weighted by molar-refractivity contribution is 5.31. The lowest BCUT2D eigenvalue weighted by molar-refractivity contribution is 0.0343. The number of methoxy groups -OCH3 is 1. The molecule has 0 amide bonds. The molecule has 1 N–H and O–H groups in total. The lowest BCUT2D eigenvalue weighted by atomic mass is 10.1. The fraction of sp³-hybridized carbons (Fsp3) is 0.636. The molecule has 0 atom stereocenters. The summed E-state index contributed by atoms with van der Waals surface area (Å²) in [5.41, 5.74) is -0.419. The standard InChI is InChI=1S/C11H19N3O2/c1-5-14-7-6-12-9(10(14)15)13-8-11(2,3)16-4/h6-7H,5,8H2,1-4H3,(H,12,13). The van der Waals surface area contributed by atoms with Gasteiger partial charge in [-0.3, -0.25) is 4.79 Å². The van der Waals surface area contributed by atoms with Gasteiger partial charge in [0.05, 0.1) is 5.60 Å². The van der Waals surface area contributed by atoms with Crippen molar-refractivity contribution in [1.29, 1.82) is 0 Å². The van der Waals surface area contributed by atoms with Crippen LogP contribution in [0.4, 0.5) is 5.82 Å². The van der Waals surface area contributed by atoms with E-state index in [-0.39, 0.29) is 11.2 Å². The molecule has 5 heteroatoms. The van der Waals surface area contributed by atoms with Crippen molar-refractivity contribution in [2.24, 2.45) is 0 Å². The third-order valence-corrected chi connectivity index (χ3v) is 2.49. The van der Waals surface area contributed by atoms with E-state index in [9.17, 15) is 4.79 Å². The van der Waals surface area contributed by atoms with Gasteiger partial charge in [0.2, 0.25) is 0 Å². The number of ether oxygens (including phenoxy) is 1. The molecule has 0 radical (unpaired) electrons. The average Bonchev–Trinajstić information content (AvgIpc) is 2.28. The fourth-order valence-corrected chi connectivity index (χ4v) is 1.19. The van der Waals surface area contributed by atoms with Crippen molar-refractivity contribution in [1.82, 2.24) is 9.55 Å². The SMILES string of the molecule is CCn1ccnc(NCC(C)(C)OC)c1=O. The van der Waals surface area contributed by atoms with Crippen molar-refractivity contribution < 1.29 is 4.74 Å². The van der Waals surface area contributed by atoms with E-state index in [1.807, 2.05) is 20.8 Å². The molecule has 0 aliphatic heterocycles. The highest BCUT2D eigenvalue weighted by Crippen LogP contribution is 2.07. The molecular formula is C11H19N3O2. The van der Waals surface area contributed by atoms with Crippen LogP contribution in [0.15, 0.2) is 17.2 Å². The number of aromatic nitrogens is 2. The van der Waals surface area contributed by atoms with Crippen LogP contribution in [0.2, 0.25) is 0 Å². The average molecular weight is 225 g/mol. The van der Waals surface area contributed by atoms with Gasteiger partial charge in [0, 0.05) is 32.6 Å². The van der Waals surface area contributed by atoms with Crippen molar-refractivity contribution in [2.45, 2.75) is 32.9 Å². The molecule has 1 aromatic heterocycles. The van der Waals surface area contributed by atoms with Gasteiger partial charge in [-0.25, -0.2) is 4.98 Å². The van der Waals surface area contributed by atoms with Crippen LogP contribution >= 0.6 is 0 Å². The van der Waals surface area contributed by atoms with Gasteiger partial charge in [-0.1, -0.05) is 0 Å². The molecule has 0 aliphatic carbocycles. The lowest BCUT2D eigenvalue weighted by Crippen LogP contribution is -2.34. The van der Waals surface area contributed by atoms with E-state index in [0.717, 1.165) is 0 Å². The summed E-state index contributed by atoms with van der Waals surface area (Å²) in [6, 6.07) is 0. The van der Waals surface area contributed by atoms with Crippen LogP contribution in [0.1, 0.15) is 20.8 Å². The molecule has 0 saturated carbocycles. The van der Waals surface area contributed by atoms with Crippen LogP contribution in [0.5, 0.6) is 0 Å². The highest BCUT2D eigenvalue weighted by Gasteiger charge is 2.16. The molecule has 0 spiro atoms. The predicted molar refractivity (Wildman–Crippen MR) is 63.7 cm³/mol. The minimum atomic E-state index is -0.318. The zero-order chi connectivity index (χ0) is 12.2. The zero-order valence-electron chi connectivity index (χ0n) is 10.3. The van der Waals surface area contributed by atoms with Gasteiger partial charge in [-0.2, -0.15) is 0 Å². The Kier molecular flexibility index (Phi) is 4.06. The van der Waals surface area contributed by atoms with Crippen LogP contribution < -0.4 is 10.9 Å². The third-order valence-electron chi connectivity index (χ3n) is 2.49. The Morgan fingerprint density at radius 3 is 2.81 bits per heavy atom. The molecule has 90 valence electrons. The summed E-state index contributed by atoms with van der Waals surface area (Å²) in [5.74, 6) is 0.370. The van der Waals surface area contributed by atoms with Crippen molar-refractivity contribution in [3.05, 3.63) is 22.7 Å². The lowest BCUT2D eigenvalue weighted by Gasteiger charge is -2.23. The van der Waals surface area contributed by atoms with E-state index in [4.69, 9.17) is 4.74 Å². The number of nitrogens with zero attached hydrogens (tertiary/aromatic N) is 2. The van der Waals surface area contributed by atoms with Gasteiger partial charge in [-0.05, 0) is 20.8 Å². The summed E-state index contributed by atoms with van der Waals surface area (Å²) in [6.07, 6.45) is 3.29. The summed E-state index contributed by atoms with van der Waals surface area (Å²) in [7, 11) is 1.64. The Bertz CT molecular complexity index is 398. The zero-order valence-corrected chi connectivity index (χ0v) is 10.3. The van der Waals surface area contributed by atoms with Crippen LogP contribution in [0.25, 0.3) is 0 Å². The van der Waals surface area contributed by atoms with Crippen molar-refractivity contribution in [3.8, 4) is 0 Å². The topological polar surface area (TPSA) is 56.1 Å². The van der Waals surface area contributed by atoms with Crippen LogP contribution in [-0.4, -0.2) is 28.8 Å². The number of rotatable bonds is 5. The quantitative estimate of drug-likeness (QED) is 0.815. The smallest absolute Gasteiger partial charge is 0.293 e. The fourth-order valence-electron chi connectivity index (χ4n) is 1.19. The maximum Gasteiger partial charge on any atom is 0.293 e. The maximum absolute atomic E-state index is 11.8. The molecule has 1 aromatic rings. The maximum atomic E-state index is 11.8. The second-order valence-corrected chi connectivity index (χ2v) is 4.18. The minimum Gasteiger partial charge on any atom is -0.377 e. The number of nitrogens with one attached hydrogen (secondary N) is 1. The van der Waals surface area contributed by atoms with E-state index < -0.39 is 0 Å². The summed E-state index contributed by atoms with van der Waals surface area (Å²) in [6.45, 7) is 7.00. The molecule has 0 bridgehead atoms. The largest absolute Gasteiger partial charge is 0.377 e. The first-order chi connectivity index (χ1) is 7.50. The molecule has 16 heavy (non-hydrogen) atoms. The minimum absolute atomic E-state index is 0.100. The Balaban J connectivity index is 2.79. The second kappa shape index (κ2) is 5.12. The first kappa shape index (κ1) is 12.7. The molecule has 0 unspecified atom stereocenters. The molecule has 1 rings (SSSR count). The van der Waals surface area contributed by atoms with Crippen LogP contribution in [-0.2, 0) is 11.3 Å². The van der Waals surface area contributed by atoms with Gasteiger partial charge in [0.25, 0.3) is 5.56 Å². The van der Waals surface area contributed by atoms with Crippen LogP contribution in [0.3, 0.4) is 0 Å². The normalized spacial score (nSPS) is 11.5. The number of anilines is 1. The van der Waals surface area contributed by atoms with Crippen LogP contribution in [0, 0.1) is 0 Å². The molecule has 5 nitrogen and oxygen atoms in total. The van der Waals surface area contributed by atoms with Gasteiger partial charge in [0.1, 0.15) is 0 Å². The molecule has 0 fully saturated rings. The Labute approximate surface area is 95.5 Å². The van der Waals surface area contributed by atoms with E-state index in [1.165, 1.54) is 0 Å². The predicted octanol–water partition coefficient (Wildman–Crippen LogP) is 1.10. The van der Waals surface area contributed by atoms with Gasteiger partial charge >= 0.3 is 0 Å². The Morgan fingerprint density at radius 1 is 1.56 bits per heavy atom. The summed E-state index contributed by atoms with van der Waals surface area (Å²) in [5, 5.41) is 3.01. The van der Waals surface area contributed by atoms with Crippen molar-refractivity contribution in [3.63, 3.8) is 0 Å². The summed E-state index contributed by atoms with van der Waals surface area (Å²) < 4.78 is 6.86. The Hall–Kier alpha value is -1.36.